The highest BCUT2D eigenvalue weighted by Gasteiger charge is 2.24. The second-order valence-corrected chi connectivity index (χ2v) is 9.97. The predicted octanol–water partition coefficient (Wildman–Crippen LogP) is 2.09. The zero-order chi connectivity index (χ0) is 21.3. The maximum absolute atomic E-state index is 13.1. The Labute approximate surface area is 178 Å². The minimum atomic E-state index is -2.96. The quantitative estimate of drug-likeness (QED) is 0.614. The molecule has 30 heavy (non-hydrogen) atoms. The summed E-state index contributed by atoms with van der Waals surface area (Å²) in [6.45, 7) is -0.153. The van der Waals surface area contributed by atoms with Crippen molar-refractivity contribution in [2.24, 2.45) is 0 Å². The number of fused-ring (bicyclic) bond motifs is 1. The molecule has 1 aromatic carbocycles. The number of halogens is 1. The van der Waals surface area contributed by atoms with Crippen LogP contribution >= 0.6 is 11.6 Å². The van der Waals surface area contributed by atoms with Crippen molar-refractivity contribution >= 4 is 38.4 Å². The molecule has 10 heteroatoms. The summed E-state index contributed by atoms with van der Waals surface area (Å²) in [4.78, 5) is 22.0. The lowest BCUT2D eigenvalue weighted by atomic mass is 10.1. The number of benzene rings is 1. The van der Waals surface area contributed by atoms with Crippen molar-refractivity contribution in [1.82, 2.24) is 14.5 Å². The smallest absolute Gasteiger partial charge is 0.260 e. The van der Waals surface area contributed by atoms with E-state index >= 15 is 0 Å². The molecule has 3 heterocycles. The molecule has 3 aromatic rings. The van der Waals surface area contributed by atoms with Crippen LogP contribution in [0, 0.1) is 0 Å². The van der Waals surface area contributed by atoms with E-state index in [-0.39, 0.29) is 36.3 Å². The number of hydrogen-bond donors (Lipinski definition) is 2. The Hall–Kier alpha value is -2.49. The van der Waals surface area contributed by atoms with Crippen LogP contribution in [0.3, 0.4) is 0 Å². The molecule has 0 atom stereocenters. The number of aliphatic hydroxyl groups is 1. The fourth-order valence-electron chi connectivity index (χ4n) is 3.63. The third-order valence-corrected chi connectivity index (χ3v) is 7.25. The van der Waals surface area contributed by atoms with Gasteiger partial charge in [0, 0.05) is 33.8 Å². The molecule has 158 valence electrons. The van der Waals surface area contributed by atoms with Crippen LogP contribution in [0.25, 0.3) is 22.2 Å². The maximum Gasteiger partial charge on any atom is 0.260 e. The van der Waals surface area contributed by atoms with Gasteiger partial charge in [0.2, 0.25) is 5.95 Å². The molecule has 0 bridgehead atoms. The van der Waals surface area contributed by atoms with Crippen LogP contribution in [-0.2, 0) is 16.4 Å². The second-order valence-electron chi connectivity index (χ2n) is 7.26. The zero-order valence-electron chi connectivity index (χ0n) is 16.1. The molecule has 1 aliphatic rings. The van der Waals surface area contributed by atoms with Crippen molar-refractivity contribution in [1.29, 1.82) is 0 Å². The van der Waals surface area contributed by atoms with Crippen molar-refractivity contribution in [3.63, 3.8) is 0 Å². The van der Waals surface area contributed by atoms with Gasteiger partial charge in [0.1, 0.15) is 15.5 Å². The molecule has 2 aromatic heterocycles. The second kappa shape index (κ2) is 8.33. The fourth-order valence-corrected chi connectivity index (χ4v) is 5.35. The summed E-state index contributed by atoms with van der Waals surface area (Å²) in [6.07, 6.45) is 2.58. The van der Waals surface area contributed by atoms with Crippen LogP contribution in [0.4, 0.5) is 5.95 Å². The van der Waals surface area contributed by atoms with Crippen LogP contribution in [-0.4, -0.2) is 52.2 Å². The SMILES string of the molecule is O=c1c(-c2ccccc2Cl)cc2cnc(NC3CCS(=O)(=O)CC3)nc2n1CCO. The zero-order valence-corrected chi connectivity index (χ0v) is 17.7. The molecular formula is C20H21ClN4O4S. The molecule has 0 aliphatic carbocycles. The van der Waals surface area contributed by atoms with E-state index in [0.717, 1.165) is 0 Å². The molecule has 1 aliphatic heterocycles. The molecule has 1 saturated heterocycles. The third-order valence-electron chi connectivity index (χ3n) is 5.20. The van der Waals surface area contributed by atoms with E-state index in [1.165, 1.54) is 4.57 Å². The van der Waals surface area contributed by atoms with Crippen molar-refractivity contribution in [3.05, 3.63) is 51.9 Å². The Balaban J connectivity index is 1.75. The predicted molar refractivity (Wildman–Crippen MR) is 117 cm³/mol. The van der Waals surface area contributed by atoms with E-state index in [2.05, 4.69) is 15.3 Å². The Bertz CT molecular complexity index is 1250. The molecule has 4 rings (SSSR count). The average molecular weight is 449 g/mol. The number of hydrogen-bond acceptors (Lipinski definition) is 7. The van der Waals surface area contributed by atoms with Gasteiger partial charge in [-0.15, -0.1) is 0 Å². The largest absolute Gasteiger partial charge is 0.395 e. The van der Waals surface area contributed by atoms with Crippen molar-refractivity contribution in [2.75, 3.05) is 23.4 Å². The van der Waals surface area contributed by atoms with E-state index in [0.29, 0.717) is 46.0 Å². The first kappa shape index (κ1) is 20.8. The lowest BCUT2D eigenvalue weighted by molar-refractivity contribution is 0.276. The van der Waals surface area contributed by atoms with Crippen LogP contribution in [0.1, 0.15) is 12.8 Å². The number of nitrogens with zero attached hydrogens (tertiary/aromatic N) is 3. The van der Waals surface area contributed by atoms with Gasteiger partial charge < -0.3 is 10.4 Å². The highest BCUT2D eigenvalue weighted by Crippen LogP contribution is 2.27. The average Bonchev–Trinajstić information content (AvgIpc) is 2.72. The number of sulfone groups is 1. The first-order valence-corrected chi connectivity index (χ1v) is 11.8. The van der Waals surface area contributed by atoms with Gasteiger partial charge >= 0.3 is 0 Å². The molecule has 0 unspecified atom stereocenters. The Morgan fingerprint density at radius 1 is 1.20 bits per heavy atom. The van der Waals surface area contributed by atoms with Gasteiger partial charge in [-0.05, 0) is 25.0 Å². The maximum atomic E-state index is 13.1. The topological polar surface area (TPSA) is 114 Å². The summed E-state index contributed by atoms with van der Waals surface area (Å²) < 4.78 is 24.6. The Kier molecular flexibility index (Phi) is 5.77. The van der Waals surface area contributed by atoms with Crippen LogP contribution in [0.15, 0.2) is 41.3 Å². The highest BCUT2D eigenvalue weighted by molar-refractivity contribution is 7.91. The molecule has 0 radical (unpaired) electrons. The van der Waals surface area contributed by atoms with E-state index in [4.69, 9.17) is 11.6 Å². The van der Waals surface area contributed by atoms with E-state index in [9.17, 15) is 18.3 Å². The number of rotatable bonds is 5. The number of anilines is 1. The van der Waals surface area contributed by atoms with Crippen molar-refractivity contribution in [2.45, 2.75) is 25.4 Å². The van der Waals surface area contributed by atoms with Crippen molar-refractivity contribution in [3.8, 4) is 11.1 Å². The minimum Gasteiger partial charge on any atom is -0.395 e. The minimum absolute atomic E-state index is 0.0496. The number of nitrogens with one attached hydrogen (secondary N) is 1. The molecule has 1 fully saturated rings. The molecule has 0 amide bonds. The number of aliphatic hydroxyl groups excluding tert-OH is 1. The summed E-state index contributed by atoms with van der Waals surface area (Å²) in [6, 6.07) is 8.72. The monoisotopic (exact) mass is 448 g/mol. The fraction of sp³-hybridized carbons (Fsp3) is 0.350. The lowest BCUT2D eigenvalue weighted by Crippen LogP contribution is -2.32. The number of pyridine rings is 1. The third kappa shape index (κ3) is 4.19. The van der Waals surface area contributed by atoms with Gasteiger partial charge in [-0.2, -0.15) is 4.98 Å². The molecule has 8 nitrogen and oxygen atoms in total. The number of aromatic nitrogens is 3. The summed E-state index contributed by atoms with van der Waals surface area (Å²) in [5.41, 5.74) is 1.09. The first-order chi connectivity index (χ1) is 14.4. The molecular weight excluding hydrogens is 428 g/mol. The standard InChI is InChI=1S/C20H21ClN4O4S/c21-17-4-2-1-3-15(17)16-11-13-12-22-20(23-14-5-9-30(28,29)10-6-14)24-18(13)25(7-8-26)19(16)27/h1-4,11-12,14,26H,5-10H2,(H,22,23,24). The van der Waals surface area contributed by atoms with Crippen LogP contribution in [0.5, 0.6) is 0 Å². The van der Waals surface area contributed by atoms with E-state index < -0.39 is 9.84 Å². The molecule has 0 saturated carbocycles. The first-order valence-electron chi connectivity index (χ1n) is 9.61. The van der Waals surface area contributed by atoms with Gasteiger partial charge in [0.05, 0.1) is 24.7 Å². The van der Waals surface area contributed by atoms with Crippen LogP contribution < -0.4 is 10.9 Å². The summed E-state index contributed by atoms with van der Waals surface area (Å²) in [7, 11) is -2.96. The highest BCUT2D eigenvalue weighted by atomic mass is 35.5. The van der Waals surface area contributed by atoms with Crippen LogP contribution in [0.2, 0.25) is 5.02 Å². The normalized spacial score (nSPS) is 16.6. The molecule has 0 spiro atoms. The summed E-state index contributed by atoms with van der Waals surface area (Å²) in [5.74, 6) is 0.590. The van der Waals surface area contributed by atoms with E-state index in [1.54, 1.807) is 36.5 Å². The van der Waals surface area contributed by atoms with Gasteiger partial charge in [-0.25, -0.2) is 13.4 Å². The van der Waals surface area contributed by atoms with Gasteiger partial charge in [-0.1, -0.05) is 29.8 Å². The molecule has 2 N–H and O–H groups in total. The lowest BCUT2D eigenvalue weighted by Gasteiger charge is -2.23. The summed E-state index contributed by atoms with van der Waals surface area (Å²) in [5, 5.41) is 13.8. The summed E-state index contributed by atoms with van der Waals surface area (Å²) >= 11 is 6.28. The van der Waals surface area contributed by atoms with Gasteiger partial charge in [-0.3, -0.25) is 9.36 Å². The van der Waals surface area contributed by atoms with Crippen molar-refractivity contribution < 1.29 is 13.5 Å². The van der Waals surface area contributed by atoms with E-state index in [1.807, 2.05) is 0 Å². The Morgan fingerprint density at radius 2 is 1.93 bits per heavy atom. The van der Waals surface area contributed by atoms with Gasteiger partial charge in [0.15, 0.2) is 0 Å². The Morgan fingerprint density at radius 3 is 2.63 bits per heavy atom. The van der Waals surface area contributed by atoms with Gasteiger partial charge in [0.25, 0.3) is 5.56 Å².